The van der Waals surface area contributed by atoms with E-state index in [0.29, 0.717) is 5.69 Å². The van der Waals surface area contributed by atoms with Crippen molar-refractivity contribution in [3.05, 3.63) is 59.6 Å². The maximum atomic E-state index is 12.3. The summed E-state index contributed by atoms with van der Waals surface area (Å²) in [7, 11) is -3.73. The van der Waals surface area contributed by atoms with Crippen LogP contribution in [-0.2, 0) is 10.0 Å². The molecule has 0 amide bonds. The van der Waals surface area contributed by atoms with Gasteiger partial charge < -0.3 is 0 Å². The van der Waals surface area contributed by atoms with Gasteiger partial charge in [0.25, 0.3) is 0 Å². The zero-order chi connectivity index (χ0) is 13.2. The summed E-state index contributed by atoms with van der Waals surface area (Å²) in [6.45, 7) is 3.58. The topological polar surface area (TPSA) is 37.1 Å². The Morgan fingerprint density at radius 3 is 2.11 bits per heavy atom. The van der Waals surface area contributed by atoms with Gasteiger partial charge in [0.1, 0.15) is 0 Å². The highest BCUT2D eigenvalue weighted by atomic mass is 35.5. The van der Waals surface area contributed by atoms with E-state index in [9.17, 15) is 8.42 Å². The van der Waals surface area contributed by atoms with Crippen LogP contribution in [0.5, 0.6) is 0 Å². The second kappa shape index (κ2) is 4.92. The van der Waals surface area contributed by atoms with E-state index in [1.165, 1.54) is 12.1 Å². The van der Waals surface area contributed by atoms with Crippen LogP contribution in [0, 0.1) is 0 Å². The van der Waals surface area contributed by atoms with Gasteiger partial charge in [-0.1, -0.05) is 45.9 Å². The van der Waals surface area contributed by atoms with E-state index in [1.54, 1.807) is 42.5 Å². The summed E-state index contributed by atoms with van der Waals surface area (Å²) in [6.07, 6.45) is 0. The third-order valence-electron chi connectivity index (χ3n) is 2.45. The van der Waals surface area contributed by atoms with Gasteiger partial charge in [-0.05, 0) is 12.1 Å². The third-order valence-corrected chi connectivity index (χ3v) is 4.59. The Morgan fingerprint density at radius 1 is 0.944 bits per heavy atom. The van der Waals surface area contributed by atoms with E-state index in [1.807, 2.05) is 0 Å². The Labute approximate surface area is 111 Å². The van der Waals surface area contributed by atoms with Crippen LogP contribution in [0.15, 0.2) is 59.5 Å². The molecule has 2 aromatic rings. The Bertz CT molecular complexity index is 681. The molecule has 0 saturated carbocycles. The molecule has 0 aliphatic heterocycles. The Kier molecular flexibility index (Phi) is 3.50. The van der Waals surface area contributed by atoms with Crippen LogP contribution >= 0.6 is 11.6 Å². The number of rotatable bonds is 3. The van der Waals surface area contributed by atoms with Crippen molar-refractivity contribution < 1.29 is 12.4 Å². The highest BCUT2D eigenvalue weighted by Crippen LogP contribution is 2.25. The Morgan fingerprint density at radius 2 is 1.50 bits per heavy atom. The molecule has 92 valence electrons. The number of hydrogen-bond acceptors (Lipinski definition) is 2. The normalized spacial score (nSPS) is 11.2. The van der Waals surface area contributed by atoms with Crippen LogP contribution in [0.2, 0.25) is 5.02 Å². The van der Waals surface area contributed by atoms with Gasteiger partial charge >= 0.3 is 10.0 Å². The summed E-state index contributed by atoms with van der Waals surface area (Å²) in [5.74, 6) is 0. The lowest BCUT2D eigenvalue weighted by Gasteiger charge is -2.03. The van der Waals surface area contributed by atoms with Crippen LogP contribution < -0.4 is 0 Å². The fourth-order valence-corrected chi connectivity index (χ4v) is 3.14. The summed E-state index contributed by atoms with van der Waals surface area (Å²) in [6, 6.07) is 14.9. The van der Waals surface area contributed by atoms with E-state index >= 15 is 0 Å². The molecule has 0 heterocycles. The second-order valence-electron chi connectivity index (χ2n) is 3.62. The van der Waals surface area contributed by atoms with Crippen LogP contribution in [0.1, 0.15) is 0 Å². The largest absolute Gasteiger partial charge is 0.401 e. The fourth-order valence-electron chi connectivity index (χ4n) is 1.51. The molecule has 2 aromatic carbocycles. The monoisotopic (exact) mass is 280 g/mol. The van der Waals surface area contributed by atoms with Crippen molar-refractivity contribution in [1.82, 2.24) is 0 Å². The summed E-state index contributed by atoms with van der Waals surface area (Å²) in [4.78, 5) is 0.0468. The molecule has 0 radical (unpaired) electrons. The van der Waals surface area contributed by atoms with Gasteiger partial charge in [-0.25, -0.2) is 0 Å². The third kappa shape index (κ3) is 2.30. The lowest BCUT2D eigenvalue weighted by atomic mass is 10.3. The number of para-hydroxylation sites is 1. The smallest absolute Gasteiger partial charge is 0.158 e. The van der Waals surface area contributed by atoms with E-state index < -0.39 is 10.0 Å². The van der Waals surface area contributed by atoms with Crippen LogP contribution in [0.4, 0.5) is 5.69 Å². The Balaban J connectivity index is 2.51. The number of sulfonamides is 1. The molecule has 0 bridgehead atoms. The van der Waals surface area contributed by atoms with Gasteiger partial charge in [-0.15, -0.1) is 0 Å². The predicted molar refractivity (Wildman–Crippen MR) is 72.1 cm³/mol. The molecule has 0 fully saturated rings. The van der Waals surface area contributed by atoms with Gasteiger partial charge in [-0.2, -0.15) is 8.42 Å². The number of hydrogen-bond donors (Lipinski definition) is 0. The second-order valence-corrected chi connectivity index (χ2v) is 5.86. The van der Waals surface area contributed by atoms with Crippen molar-refractivity contribution in [2.45, 2.75) is 4.90 Å². The summed E-state index contributed by atoms with van der Waals surface area (Å²) in [5.41, 5.74) is 0.484. The minimum Gasteiger partial charge on any atom is -0.158 e. The van der Waals surface area contributed by atoms with Crippen molar-refractivity contribution in [2.24, 2.45) is 0 Å². The lowest BCUT2D eigenvalue weighted by Crippen LogP contribution is -2.15. The molecule has 0 saturated heterocycles. The number of nitrogens with zero attached hydrogens (tertiary/aromatic N) is 1. The first-order valence-electron chi connectivity index (χ1n) is 5.19. The molecule has 0 spiro atoms. The quantitative estimate of drug-likeness (QED) is 0.640. The average Bonchev–Trinajstić information content (AvgIpc) is 2.39. The zero-order valence-electron chi connectivity index (χ0n) is 9.45. The average molecular weight is 281 g/mol. The molecular weight excluding hydrogens is 270 g/mol. The van der Waals surface area contributed by atoms with Crippen LogP contribution in [0.3, 0.4) is 0 Å². The minimum atomic E-state index is -3.73. The molecule has 0 N–H and O–H groups in total. The first-order valence-corrected chi connectivity index (χ1v) is 7.00. The van der Waals surface area contributed by atoms with Gasteiger partial charge in [0.05, 0.1) is 5.02 Å². The maximum absolute atomic E-state index is 12.3. The SMILES string of the molecule is C=[N+](c1ccccc1)S(=O)(=O)c1ccccc1Cl. The van der Waals surface area contributed by atoms with E-state index in [-0.39, 0.29) is 9.92 Å². The summed E-state index contributed by atoms with van der Waals surface area (Å²) in [5, 5.41) is 0.182. The van der Waals surface area contributed by atoms with E-state index in [2.05, 4.69) is 6.72 Å². The van der Waals surface area contributed by atoms with Crippen LogP contribution in [0.25, 0.3) is 0 Å². The first kappa shape index (κ1) is 12.8. The van der Waals surface area contributed by atoms with Crippen LogP contribution in [-0.4, -0.2) is 19.1 Å². The molecule has 0 aliphatic carbocycles. The molecule has 0 aliphatic rings. The zero-order valence-corrected chi connectivity index (χ0v) is 11.0. The molecule has 0 aromatic heterocycles. The molecular formula is C13H11ClNO2S+. The van der Waals surface area contributed by atoms with Gasteiger partial charge in [0, 0.05) is 12.1 Å². The molecule has 0 atom stereocenters. The van der Waals surface area contributed by atoms with E-state index in [0.717, 1.165) is 3.98 Å². The van der Waals surface area contributed by atoms with Crippen molar-refractivity contribution in [3.8, 4) is 0 Å². The predicted octanol–water partition coefficient (Wildman–Crippen LogP) is 3.07. The summed E-state index contributed by atoms with van der Waals surface area (Å²) < 4.78 is 25.6. The molecule has 5 heteroatoms. The van der Waals surface area contributed by atoms with Gasteiger partial charge in [-0.3, -0.25) is 0 Å². The summed E-state index contributed by atoms with van der Waals surface area (Å²) >= 11 is 5.91. The van der Waals surface area contributed by atoms with Gasteiger partial charge in [0.15, 0.2) is 11.6 Å². The molecule has 18 heavy (non-hydrogen) atoms. The lowest BCUT2D eigenvalue weighted by molar-refractivity contribution is -0.249. The molecule has 3 nitrogen and oxygen atoms in total. The standard InChI is InChI=1S/C13H11ClNO2S/c1-15(11-7-3-2-4-8-11)18(16,17)13-10-6-5-9-12(13)14/h2-10H,1H2/q+1. The van der Waals surface area contributed by atoms with E-state index in [4.69, 9.17) is 11.6 Å². The number of benzene rings is 2. The highest BCUT2D eigenvalue weighted by molar-refractivity contribution is 7.85. The van der Waals surface area contributed by atoms with Crippen molar-refractivity contribution in [3.63, 3.8) is 0 Å². The fraction of sp³-hybridized carbons (Fsp3) is 0. The van der Waals surface area contributed by atoms with Crippen molar-refractivity contribution in [2.75, 3.05) is 0 Å². The van der Waals surface area contributed by atoms with Crippen molar-refractivity contribution >= 4 is 34.0 Å². The Hall–Kier alpha value is -1.65. The molecule has 0 unspecified atom stereocenters. The minimum absolute atomic E-state index is 0.0468. The van der Waals surface area contributed by atoms with Crippen molar-refractivity contribution in [1.29, 1.82) is 0 Å². The number of halogens is 1. The molecule has 2 rings (SSSR count). The first-order chi connectivity index (χ1) is 8.53. The highest BCUT2D eigenvalue weighted by Gasteiger charge is 2.29. The van der Waals surface area contributed by atoms with Gasteiger partial charge in [0.2, 0.25) is 5.69 Å². The maximum Gasteiger partial charge on any atom is 0.401 e.